The van der Waals surface area contributed by atoms with Crippen LogP contribution in [0.2, 0.25) is 0 Å². The van der Waals surface area contributed by atoms with E-state index in [1.807, 2.05) is 29.9 Å². The largest absolute Gasteiger partial charge is 0.350 e. The fourth-order valence-corrected chi connectivity index (χ4v) is 2.11. The van der Waals surface area contributed by atoms with Gasteiger partial charge in [0.25, 0.3) is 5.91 Å². The van der Waals surface area contributed by atoms with Gasteiger partial charge < -0.3 is 15.2 Å². The molecular weight excluding hydrogens is 202 g/mol. The van der Waals surface area contributed by atoms with Gasteiger partial charge in [0.15, 0.2) is 0 Å². The van der Waals surface area contributed by atoms with E-state index in [9.17, 15) is 4.79 Å². The van der Waals surface area contributed by atoms with Crippen molar-refractivity contribution in [1.82, 2.24) is 15.2 Å². The average molecular weight is 221 g/mol. The maximum Gasteiger partial charge on any atom is 0.267 e. The van der Waals surface area contributed by atoms with E-state index in [2.05, 4.69) is 10.6 Å². The number of piperidine rings is 1. The van der Waals surface area contributed by atoms with Gasteiger partial charge in [-0.15, -0.1) is 0 Å². The minimum absolute atomic E-state index is 0.0334. The van der Waals surface area contributed by atoms with Crippen LogP contribution in [0.15, 0.2) is 18.3 Å². The summed E-state index contributed by atoms with van der Waals surface area (Å²) in [6.07, 6.45) is 4.21. The molecule has 1 saturated heterocycles. The van der Waals surface area contributed by atoms with Crippen molar-refractivity contribution in [3.8, 4) is 0 Å². The van der Waals surface area contributed by atoms with Crippen LogP contribution in [-0.4, -0.2) is 30.1 Å². The summed E-state index contributed by atoms with van der Waals surface area (Å²) in [6, 6.07) is 3.73. The first kappa shape index (κ1) is 11.2. The first-order valence-electron chi connectivity index (χ1n) is 5.87. The number of rotatable bonds is 3. The summed E-state index contributed by atoms with van der Waals surface area (Å²) >= 11 is 0. The van der Waals surface area contributed by atoms with Crippen LogP contribution in [-0.2, 0) is 7.05 Å². The van der Waals surface area contributed by atoms with Crippen molar-refractivity contribution in [1.29, 1.82) is 0 Å². The summed E-state index contributed by atoms with van der Waals surface area (Å²) in [5.74, 6) is 0.663. The topological polar surface area (TPSA) is 46.1 Å². The monoisotopic (exact) mass is 221 g/mol. The molecule has 0 radical (unpaired) electrons. The van der Waals surface area contributed by atoms with Gasteiger partial charge in [-0.25, -0.2) is 0 Å². The van der Waals surface area contributed by atoms with E-state index in [1.165, 1.54) is 0 Å². The van der Waals surface area contributed by atoms with Gasteiger partial charge in [0, 0.05) is 19.8 Å². The Morgan fingerprint density at radius 2 is 2.31 bits per heavy atom. The van der Waals surface area contributed by atoms with Gasteiger partial charge in [-0.1, -0.05) is 0 Å². The minimum Gasteiger partial charge on any atom is -0.350 e. The second-order valence-corrected chi connectivity index (χ2v) is 4.41. The zero-order valence-electron chi connectivity index (χ0n) is 9.70. The number of nitrogens with one attached hydrogen (secondary N) is 2. The fraction of sp³-hybridized carbons (Fsp3) is 0.583. The Kier molecular flexibility index (Phi) is 3.62. The highest BCUT2D eigenvalue weighted by atomic mass is 16.1. The lowest BCUT2D eigenvalue weighted by molar-refractivity contribution is 0.0936. The molecule has 88 valence electrons. The summed E-state index contributed by atoms with van der Waals surface area (Å²) in [7, 11) is 1.89. The number of aromatic nitrogens is 1. The fourth-order valence-electron chi connectivity index (χ4n) is 2.11. The highest BCUT2D eigenvalue weighted by molar-refractivity contribution is 5.92. The third-order valence-corrected chi connectivity index (χ3v) is 3.19. The summed E-state index contributed by atoms with van der Waals surface area (Å²) in [5, 5.41) is 6.33. The Balaban J connectivity index is 1.81. The zero-order valence-corrected chi connectivity index (χ0v) is 9.70. The molecule has 1 amide bonds. The van der Waals surface area contributed by atoms with Crippen LogP contribution in [0, 0.1) is 5.92 Å². The molecule has 2 N–H and O–H groups in total. The Hall–Kier alpha value is -1.29. The Morgan fingerprint density at radius 1 is 1.56 bits per heavy atom. The van der Waals surface area contributed by atoms with Gasteiger partial charge >= 0.3 is 0 Å². The molecule has 0 aromatic carbocycles. The minimum atomic E-state index is 0.0334. The van der Waals surface area contributed by atoms with Crippen molar-refractivity contribution in [2.75, 3.05) is 19.6 Å². The van der Waals surface area contributed by atoms with E-state index in [0.29, 0.717) is 5.92 Å². The van der Waals surface area contributed by atoms with Gasteiger partial charge in [0.1, 0.15) is 5.69 Å². The normalized spacial score (nSPS) is 17.3. The van der Waals surface area contributed by atoms with Crippen molar-refractivity contribution in [3.05, 3.63) is 24.0 Å². The Labute approximate surface area is 96.0 Å². The molecule has 0 unspecified atom stereocenters. The van der Waals surface area contributed by atoms with Gasteiger partial charge in [0.2, 0.25) is 0 Å². The van der Waals surface area contributed by atoms with Crippen LogP contribution in [0.1, 0.15) is 23.3 Å². The molecule has 1 aromatic heterocycles. The van der Waals surface area contributed by atoms with E-state index in [4.69, 9.17) is 0 Å². The third-order valence-electron chi connectivity index (χ3n) is 3.19. The maximum absolute atomic E-state index is 11.8. The van der Waals surface area contributed by atoms with Gasteiger partial charge in [0.05, 0.1) is 0 Å². The lowest BCUT2D eigenvalue weighted by Gasteiger charge is -2.22. The van der Waals surface area contributed by atoms with E-state index in [-0.39, 0.29) is 5.91 Å². The molecule has 0 bridgehead atoms. The van der Waals surface area contributed by atoms with E-state index in [0.717, 1.165) is 38.2 Å². The molecule has 1 aliphatic rings. The number of hydrogen-bond acceptors (Lipinski definition) is 2. The lowest BCUT2D eigenvalue weighted by atomic mass is 9.98. The standard InChI is InChI=1S/C12H19N3O/c1-15-8-2-3-11(15)12(16)14-9-10-4-6-13-7-5-10/h2-3,8,10,13H,4-7,9H2,1H3,(H,14,16). The summed E-state index contributed by atoms with van der Waals surface area (Å²) in [4.78, 5) is 11.8. The maximum atomic E-state index is 11.8. The third kappa shape index (κ3) is 2.64. The SMILES string of the molecule is Cn1cccc1C(=O)NCC1CCNCC1. The van der Waals surface area contributed by atoms with Crippen LogP contribution in [0.4, 0.5) is 0 Å². The Morgan fingerprint density at radius 3 is 2.94 bits per heavy atom. The molecule has 1 aromatic rings. The molecular formula is C12H19N3O. The van der Waals surface area contributed by atoms with Gasteiger partial charge in [-0.2, -0.15) is 0 Å². The van der Waals surface area contributed by atoms with Crippen molar-refractivity contribution >= 4 is 5.91 Å². The lowest BCUT2D eigenvalue weighted by Crippen LogP contribution is -2.36. The molecule has 4 heteroatoms. The van der Waals surface area contributed by atoms with Crippen LogP contribution >= 0.6 is 0 Å². The van der Waals surface area contributed by atoms with Crippen molar-refractivity contribution in [3.63, 3.8) is 0 Å². The van der Waals surface area contributed by atoms with E-state index >= 15 is 0 Å². The predicted octanol–water partition coefficient (Wildman–Crippen LogP) is 0.754. The number of amides is 1. The summed E-state index contributed by atoms with van der Waals surface area (Å²) < 4.78 is 1.84. The van der Waals surface area contributed by atoms with Crippen molar-refractivity contribution < 1.29 is 4.79 Å². The Bertz CT molecular complexity index is 353. The van der Waals surface area contributed by atoms with Crippen LogP contribution in [0.25, 0.3) is 0 Å². The molecule has 2 rings (SSSR count). The quantitative estimate of drug-likeness (QED) is 0.791. The van der Waals surface area contributed by atoms with Crippen molar-refractivity contribution in [2.24, 2.45) is 13.0 Å². The molecule has 16 heavy (non-hydrogen) atoms. The van der Waals surface area contributed by atoms with Gasteiger partial charge in [-0.3, -0.25) is 4.79 Å². The molecule has 0 spiro atoms. The van der Waals surface area contributed by atoms with E-state index < -0.39 is 0 Å². The van der Waals surface area contributed by atoms with Crippen LogP contribution < -0.4 is 10.6 Å². The zero-order chi connectivity index (χ0) is 11.4. The molecule has 0 aliphatic carbocycles. The smallest absolute Gasteiger partial charge is 0.267 e. The second-order valence-electron chi connectivity index (χ2n) is 4.41. The second kappa shape index (κ2) is 5.16. The molecule has 1 fully saturated rings. The molecule has 0 atom stereocenters. The summed E-state index contributed by atoms with van der Waals surface area (Å²) in [5.41, 5.74) is 0.730. The molecule has 4 nitrogen and oxygen atoms in total. The van der Waals surface area contributed by atoms with Crippen LogP contribution in [0.3, 0.4) is 0 Å². The number of aryl methyl sites for hydroxylation is 1. The number of nitrogens with zero attached hydrogens (tertiary/aromatic N) is 1. The number of carbonyl (C=O) groups excluding carboxylic acids is 1. The average Bonchev–Trinajstić information content (AvgIpc) is 2.74. The molecule has 0 saturated carbocycles. The molecule has 1 aliphatic heterocycles. The predicted molar refractivity (Wildman–Crippen MR) is 63.3 cm³/mol. The number of carbonyl (C=O) groups is 1. The van der Waals surface area contributed by atoms with Crippen LogP contribution in [0.5, 0.6) is 0 Å². The highest BCUT2D eigenvalue weighted by Gasteiger charge is 2.15. The molecule has 2 heterocycles. The van der Waals surface area contributed by atoms with E-state index in [1.54, 1.807) is 0 Å². The van der Waals surface area contributed by atoms with Crippen molar-refractivity contribution in [2.45, 2.75) is 12.8 Å². The first-order chi connectivity index (χ1) is 7.77. The highest BCUT2D eigenvalue weighted by Crippen LogP contribution is 2.10. The first-order valence-corrected chi connectivity index (χ1v) is 5.87. The number of hydrogen-bond donors (Lipinski definition) is 2. The van der Waals surface area contributed by atoms with Gasteiger partial charge in [-0.05, 0) is 44.0 Å². The summed E-state index contributed by atoms with van der Waals surface area (Å²) in [6.45, 7) is 2.95.